The first-order valence-electron chi connectivity index (χ1n) is 8.07. The van der Waals surface area contributed by atoms with Gasteiger partial charge >= 0.3 is 0 Å². The van der Waals surface area contributed by atoms with E-state index in [1.807, 2.05) is 25.1 Å². The van der Waals surface area contributed by atoms with Gasteiger partial charge in [-0.05, 0) is 25.3 Å². The van der Waals surface area contributed by atoms with E-state index in [2.05, 4.69) is 27.4 Å². The number of nitrogens with zero attached hydrogens (tertiary/aromatic N) is 2. The monoisotopic (exact) mass is 332 g/mol. The van der Waals surface area contributed by atoms with Gasteiger partial charge in [-0.25, -0.2) is 4.98 Å². The number of hydrogen-bond donors (Lipinski definition) is 2. The average Bonchev–Trinajstić information content (AvgIpc) is 2.96. The molecule has 23 heavy (non-hydrogen) atoms. The second-order valence-corrected chi connectivity index (χ2v) is 7.62. The maximum Gasteiger partial charge on any atom is 0.0897 e. The fraction of sp³-hybridized carbons (Fsp3) is 0.500. The van der Waals surface area contributed by atoms with Crippen LogP contribution in [0.2, 0.25) is 0 Å². The Kier molecular flexibility index (Phi) is 5.11. The van der Waals surface area contributed by atoms with E-state index in [1.165, 1.54) is 0 Å². The molecule has 0 spiro atoms. The third-order valence-electron chi connectivity index (χ3n) is 4.73. The lowest BCUT2D eigenvalue weighted by molar-refractivity contribution is -0.0770. The lowest BCUT2D eigenvalue weighted by Gasteiger charge is -2.45. The van der Waals surface area contributed by atoms with Crippen LogP contribution < -0.4 is 0 Å². The van der Waals surface area contributed by atoms with E-state index < -0.39 is 11.5 Å². The summed E-state index contributed by atoms with van der Waals surface area (Å²) in [5.41, 5.74) is 1.74. The van der Waals surface area contributed by atoms with Crippen molar-refractivity contribution in [2.75, 3.05) is 19.7 Å². The van der Waals surface area contributed by atoms with E-state index in [9.17, 15) is 10.2 Å². The number of benzene rings is 1. The van der Waals surface area contributed by atoms with Gasteiger partial charge in [0.25, 0.3) is 0 Å². The van der Waals surface area contributed by atoms with Gasteiger partial charge in [0.05, 0.1) is 23.4 Å². The Morgan fingerprint density at radius 3 is 2.78 bits per heavy atom. The average molecular weight is 332 g/mol. The molecule has 3 rings (SSSR count). The van der Waals surface area contributed by atoms with Crippen LogP contribution in [-0.4, -0.2) is 45.9 Å². The smallest absolute Gasteiger partial charge is 0.0897 e. The van der Waals surface area contributed by atoms with Crippen LogP contribution in [0.3, 0.4) is 0 Å². The summed E-state index contributed by atoms with van der Waals surface area (Å²) in [5, 5.41) is 23.8. The molecule has 1 aromatic heterocycles. The maximum atomic E-state index is 10.6. The summed E-state index contributed by atoms with van der Waals surface area (Å²) in [6.45, 7) is 4.33. The zero-order valence-corrected chi connectivity index (χ0v) is 14.3. The Morgan fingerprint density at radius 2 is 2.13 bits per heavy atom. The van der Waals surface area contributed by atoms with Gasteiger partial charge in [-0.1, -0.05) is 30.3 Å². The van der Waals surface area contributed by atoms with Crippen LogP contribution in [0.4, 0.5) is 0 Å². The summed E-state index contributed by atoms with van der Waals surface area (Å²) in [4.78, 5) is 6.84. The number of piperidine rings is 1. The van der Waals surface area contributed by atoms with Gasteiger partial charge in [0.2, 0.25) is 0 Å². The summed E-state index contributed by atoms with van der Waals surface area (Å²) in [6, 6.07) is 10.1. The van der Waals surface area contributed by atoms with Gasteiger partial charge in [0, 0.05) is 30.4 Å². The highest BCUT2D eigenvalue weighted by atomic mass is 32.1. The predicted molar refractivity (Wildman–Crippen MR) is 92.4 cm³/mol. The van der Waals surface area contributed by atoms with Crippen molar-refractivity contribution in [2.24, 2.45) is 5.41 Å². The standard InChI is InChI=1S/C18H24N2O2S/c1-14-19-16(11-23-14)10-20-8-7-17(22)18(12-20,13-21)9-15-5-3-2-4-6-15/h2-6,11,17,21-22H,7-10,12-13H2,1H3/t17-,18+/m0/s1. The van der Waals surface area contributed by atoms with Crippen LogP contribution >= 0.6 is 11.3 Å². The number of aryl methyl sites for hydroxylation is 1. The fourth-order valence-electron chi connectivity index (χ4n) is 3.47. The molecule has 1 aliphatic heterocycles. The molecule has 0 bridgehead atoms. The molecule has 0 amide bonds. The number of aliphatic hydroxyl groups is 2. The summed E-state index contributed by atoms with van der Waals surface area (Å²) >= 11 is 1.67. The molecule has 1 aromatic carbocycles. The highest BCUT2D eigenvalue weighted by molar-refractivity contribution is 7.09. The van der Waals surface area contributed by atoms with Crippen LogP contribution in [0.1, 0.15) is 22.7 Å². The van der Waals surface area contributed by atoms with Crippen molar-refractivity contribution in [2.45, 2.75) is 32.4 Å². The molecule has 2 N–H and O–H groups in total. The quantitative estimate of drug-likeness (QED) is 0.882. The maximum absolute atomic E-state index is 10.6. The van der Waals surface area contributed by atoms with Crippen LogP contribution in [0.5, 0.6) is 0 Å². The van der Waals surface area contributed by atoms with Crippen LogP contribution in [0.15, 0.2) is 35.7 Å². The van der Waals surface area contributed by atoms with Gasteiger partial charge in [0.1, 0.15) is 0 Å². The molecular formula is C18H24N2O2S. The normalized spacial score (nSPS) is 25.6. The van der Waals surface area contributed by atoms with Crippen molar-refractivity contribution in [3.63, 3.8) is 0 Å². The zero-order valence-electron chi connectivity index (χ0n) is 13.5. The van der Waals surface area contributed by atoms with Crippen LogP contribution in [0, 0.1) is 12.3 Å². The van der Waals surface area contributed by atoms with Gasteiger partial charge in [0.15, 0.2) is 0 Å². The van der Waals surface area contributed by atoms with Crippen molar-refractivity contribution < 1.29 is 10.2 Å². The highest BCUT2D eigenvalue weighted by Gasteiger charge is 2.42. The first-order valence-corrected chi connectivity index (χ1v) is 8.95. The SMILES string of the molecule is Cc1nc(CN2CC[C@H](O)[C@](CO)(Cc3ccccc3)C2)cs1. The minimum Gasteiger partial charge on any atom is -0.396 e. The number of likely N-dealkylation sites (tertiary alicyclic amines) is 1. The van der Waals surface area contributed by atoms with Crippen LogP contribution in [0.25, 0.3) is 0 Å². The van der Waals surface area contributed by atoms with Gasteiger partial charge in [-0.2, -0.15) is 0 Å². The lowest BCUT2D eigenvalue weighted by Crippen LogP contribution is -2.54. The molecule has 0 unspecified atom stereocenters. The molecule has 1 saturated heterocycles. The fourth-order valence-corrected chi connectivity index (χ4v) is 4.08. The number of rotatable bonds is 5. The molecule has 5 heteroatoms. The van der Waals surface area contributed by atoms with E-state index in [-0.39, 0.29) is 6.61 Å². The molecule has 2 aromatic rings. The van der Waals surface area contributed by atoms with Gasteiger partial charge in [-0.15, -0.1) is 11.3 Å². The number of thiazole rings is 1. The molecule has 0 aliphatic carbocycles. The molecule has 1 aliphatic rings. The number of aliphatic hydroxyl groups excluding tert-OH is 2. The van der Waals surface area contributed by atoms with Crippen molar-refractivity contribution in [1.29, 1.82) is 0 Å². The second kappa shape index (κ2) is 7.09. The van der Waals surface area contributed by atoms with E-state index in [1.54, 1.807) is 11.3 Å². The van der Waals surface area contributed by atoms with E-state index in [0.29, 0.717) is 19.4 Å². The zero-order chi connectivity index (χ0) is 16.3. The summed E-state index contributed by atoms with van der Waals surface area (Å²) in [5.74, 6) is 0. The van der Waals surface area contributed by atoms with Crippen molar-refractivity contribution in [3.8, 4) is 0 Å². The third-order valence-corrected chi connectivity index (χ3v) is 5.55. The minimum absolute atomic E-state index is 0.00431. The van der Waals surface area contributed by atoms with Crippen molar-refractivity contribution in [1.82, 2.24) is 9.88 Å². The predicted octanol–water partition coefficient (Wildman–Crippen LogP) is 2.24. The molecule has 0 radical (unpaired) electrons. The molecule has 2 heterocycles. The largest absolute Gasteiger partial charge is 0.396 e. The second-order valence-electron chi connectivity index (χ2n) is 6.56. The molecule has 124 valence electrons. The summed E-state index contributed by atoms with van der Waals surface area (Å²) in [6.07, 6.45) is 0.912. The van der Waals surface area contributed by atoms with Gasteiger partial charge in [-0.3, -0.25) is 4.90 Å². The first-order chi connectivity index (χ1) is 11.1. The topological polar surface area (TPSA) is 56.6 Å². The van der Waals surface area contributed by atoms with Gasteiger partial charge < -0.3 is 10.2 Å². The summed E-state index contributed by atoms with van der Waals surface area (Å²) in [7, 11) is 0. The van der Waals surface area contributed by atoms with E-state index in [4.69, 9.17) is 0 Å². The Morgan fingerprint density at radius 1 is 1.35 bits per heavy atom. The summed E-state index contributed by atoms with van der Waals surface area (Å²) < 4.78 is 0. The molecule has 0 saturated carbocycles. The Balaban J connectivity index is 1.74. The van der Waals surface area contributed by atoms with E-state index in [0.717, 1.165) is 29.4 Å². The first kappa shape index (κ1) is 16.6. The number of aromatic nitrogens is 1. The molecule has 1 fully saturated rings. The number of hydrogen-bond acceptors (Lipinski definition) is 5. The molecule has 2 atom stereocenters. The Bertz CT molecular complexity index is 631. The van der Waals surface area contributed by atoms with Crippen LogP contribution in [-0.2, 0) is 13.0 Å². The Hall–Kier alpha value is -1.27. The molecule has 4 nitrogen and oxygen atoms in total. The molecular weight excluding hydrogens is 308 g/mol. The highest BCUT2D eigenvalue weighted by Crippen LogP contribution is 2.34. The van der Waals surface area contributed by atoms with Crippen molar-refractivity contribution in [3.05, 3.63) is 52.0 Å². The minimum atomic E-state index is -0.495. The lowest BCUT2D eigenvalue weighted by atomic mass is 9.73. The Labute approximate surface area is 141 Å². The third kappa shape index (κ3) is 3.80. The van der Waals surface area contributed by atoms with Crippen molar-refractivity contribution >= 4 is 11.3 Å². The van der Waals surface area contributed by atoms with E-state index >= 15 is 0 Å².